The molecule has 0 N–H and O–H groups in total. The van der Waals surface area contributed by atoms with E-state index in [1.807, 2.05) is 25.1 Å². The second-order valence-electron chi connectivity index (χ2n) is 7.80. The number of carbonyl (C=O) groups excluding carboxylic acids is 1. The van der Waals surface area contributed by atoms with Crippen molar-refractivity contribution in [2.75, 3.05) is 29.9 Å². The average Bonchev–Trinajstić information content (AvgIpc) is 2.84. The third-order valence-electron chi connectivity index (χ3n) is 5.90. The summed E-state index contributed by atoms with van der Waals surface area (Å²) < 4.78 is 32.8. The largest absolute Gasteiger partial charge is 0.495 e. The maximum Gasteiger partial charge on any atom is 0.264 e. The van der Waals surface area contributed by atoms with Crippen LogP contribution in [0.3, 0.4) is 0 Å². The third-order valence-corrected chi connectivity index (χ3v) is 7.70. The summed E-state index contributed by atoms with van der Waals surface area (Å²) in [5.41, 5.74) is 4.06. The fourth-order valence-corrected chi connectivity index (χ4v) is 5.28. The standard InChI is InChI=1S/C25H26N2O4S/c1-18-11-16-23(31-3)24-22(18)10-7-17-27(24)25(28)19-12-14-21(15-13-19)32(29,30)26(2)20-8-5-4-6-9-20/h4-6,8-9,11-16H,7,10,17H2,1-3H3. The minimum absolute atomic E-state index is 0.132. The number of fused-ring (bicyclic) bond motifs is 1. The molecule has 1 aliphatic rings. The number of carbonyl (C=O) groups is 1. The van der Waals surface area contributed by atoms with Gasteiger partial charge in [-0.1, -0.05) is 24.3 Å². The lowest BCUT2D eigenvalue weighted by Crippen LogP contribution is -2.36. The fourth-order valence-electron chi connectivity index (χ4n) is 4.08. The van der Waals surface area contributed by atoms with Crippen LogP contribution in [0.5, 0.6) is 5.75 Å². The van der Waals surface area contributed by atoms with Crippen LogP contribution in [0.2, 0.25) is 0 Å². The van der Waals surface area contributed by atoms with Crippen LogP contribution in [-0.4, -0.2) is 35.0 Å². The Hall–Kier alpha value is -3.32. The maximum absolute atomic E-state index is 13.4. The number of benzene rings is 3. The van der Waals surface area contributed by atoms with Gasteiger partial charge in [0.25, 0.3) is 15.9 Å². The molecule has 0 saturated carbocycles. The topological polar surface area (TPSA) is 66.9 Å². The molecule has 7 heteroatoms. The summed E-state index contributed by atoms with van der Waals surface area (Å²) in [7, 11) is -0.617. The summed E-state index contributed by atoms with van der Waals surface area (Å²) in [5.74, 6) is 0.498. The summed E-state index contributed by atoms with van der Waals surface area (Å²) in [6.45, 7) is 2.62. The number of para-hydroxylation sites is 1. The van der Waals surface area contributed by atoms with Crippen LogP contribution in [0, 0.1) is 6.92 Å². The Morgan fingerprint density at radius 1 is 1.00 bits per heavy atom. The number of rotatable bonds is 5. The molecule has 0 aromatic heterocycles. The molecule has 1 amide bonds. The molecule has 0 bridgehead atoms. The van der Waals surface area contributed by atoms with E-state index >= 15 is 0 Å². The van der Waals surface area contributed by atoms with Crippen molar-refractivity contribution in [3.63, 3.8) is 0 Å². The summed E-state index contributed by atoms with van der Waals surface area (Å²) in [5, 5.41) is 0. The molecule has 0 radical (unpaired) electrons. The van der Waals surface area contributed by atoms with Gasteiger partial charge in [0.1, 0.15) is 5.75 Å². The quantitative estimate of drug-likeness (QED) is 0.577. The SMILES string of the molecule is COc1ccc(C)c2c1N(C(=O)c1ccc(S(=O)(=O)N(C)c3ccccc3)cc1)CCC2. The molecule has 1 heterocycles. The zero-order valence-corrected chi connectivity index (χ0v) is 19.2. The molecular formula is C25H26N2O4S. The van der Waals surface area contributed by atoms with E-state index < -0.39 is 10.0 Å². The van der Waals surface area contributed by atoms with Crippen LogP contribution < -0.4 is 13.9 Å². The molecule has 32 heavy (non-hydrogen) atoms. The van der Waals surface area contributed by atoms with Gasteiger partial charge in [-0.05, 0) is 73.4 Å². The van der Waals surface area contributed by atoms with E-state index in [2.05, 4.69) is 0 Å². The van der Waals surface area contributed by atoms with E-state index in [0.717, 1.165) is 29.7 Å². The number of sulfonamides is 1. The number of ether oxygens (including phenoxy) is 1. The van der Waals surface area contributed by atoms with E-state index in [0.29, 0.717) is 23.5 Å². The van der Waals surface area contributed by atoms with Crippen molar-refractivity contribution >= 4 is 27.3 Å². The van der Waals surface area contributed by atoms with Crippen molar-refractivity contribution in [3.8, 4) is 5.75 Å². The Kier molecular flexibility index (Phi) is 5.93. The number of methoxy groups -OCH3 is 1. The first-order chi connectivity index (χ1) is 15.3. The fraction of sp³-hybridized carbons (Fsp3) is 0.240. The van der Waals surface area contributed by atoms with Gasteiger partial charge in [0.15, 0.2) is 0 Å². The number of hydrogen-bond donors (Lipinski definition) is 0. The van der Waals surface area contributed by atoms with Crippen LogP contribution in [-0.2, 0) is 16.4 Å². The zero-order chi connectivity index (χ0) is 22.9. The van der Waals surface area contributed by atoms with Crippen molar-refractivity contribution in [1.82, 2.24) is 0 Å². The van der Waals surface area contributed by atoms with Gasteiger partial charge >= 0.3 is 0 Å². The number of anilines is 2. The molecule has 166 valence electrons. The maximum atomic E-state index is 13.4. The van der Waals surface area contributed by atoms with E-state index in [1.54, 1.807) is 48.4 Å². The number of nitrogens with zero attached hydrogens (tertiary/aromatic N) is 2. The molecule has 0 fully saturated rings. The van der Waals surface area contributed by atoms with Gasteiger partial charge in [0, 0.05) is 19.2 Å². The number of hydrogen-bond acceptors (Lipinski definition) is 4. The highest BCUT2D eigenvalue weighted by Crippen LogP contribution is 2.39. The Balaban J connectivity index is 1.64. The Labute approximate surface area is 189 Å². The monoisotopic (exact) mass is 450 g/mol. The van der Waals surface area contributed by atoms with Crippen molar-refractivity contribution in [1.29, 1.82) is 0 Å². The molecule has 0 spiro atoms. The van der Waals surface area contributed by atoms with Crippen molar-refractivity contribution in [2.45, 2.75) is 24.7 Å². The minimum Gasteiger partial charge on any atom is -0.495 e. The van der Waals surface area contributed by atoms with Gasteiger partial charge in [-0.2, -0.15) is 0 Å². The van der Waals surface area contributed by atoms with E-state index in [1.165, 1.54) is 23.5 Å². The molecule has 0 unspecified atom stereocenters. The van der Waals surface area contributed by atoms with Crippen LogP contribution in [0.15, 0.2) is 71.6 Å². The third kappa shape index (κ3) is 3.84. The number of aryl methyl sites for hydroxylation is 1. The van der Waals surface area contributed by atoms with Gasteiger partial charge < -0.3 is 9.64 Å². The van der Waals surface area contributed by atoms with Crippen LogP contribution in [0.1, 0.15) is 27.9 Å². The molecular weight excluding hydrogens is 424 g/mol. The average molecular weight is 451 g/mol. The van der Waals surface area contributed by atoms with E-state index in [4.69, 9.17) is 4.74 Å². The Morgan fingerprint density at radius 3 is 2.34 bits per heavy atom. The molecule has 1 aliphatic heterocycles. The smallest absolute Gasteiger partial charge is 0.264 e. The van der Waals surface area contributed by atoms with Crippen molar-refractivity contribution in [2.24, 2.45) is 0 Å². The predicted octanol–water partition coefficient (Wildman–Crippen LogP) is 4.42. The first-order valence-electron chi connectivity index (χ1n) is 10.5. The molecule has 4 rings (SSSR count). The molecule has 6 nitrogen and oxygen atoms in total. The highest BCUT2D eigenvalue weighted by atomic mass is 32.2. The van der Waals surface area contributed by atoms with E-state index in [9.17, 15) is 13.2 Å². The highest BCUT2D eigenvalue weighted by Gasteiger charge is 2.28. The second kappa shape index (κ2) is 8.67. The zero-order valence-electron chi connectivity index (χ0n) is 18.4. The highest BCUT2D eigenvalue weighted by molar-refractivity contribution is 7.92. The summed E-state index contributed by atoms with van der Waals surface area (Å²) in [4.78, 5) is 15.2. The van der Waals surface area contributed by atoms with Crippen LogP contribution in [0.25, 0.3) is 0 Å². The van der Waals surface area contributed by atoms with Gasteiger partial charge in [0.2, 0.25) is 0 Å². The normalized spacial score (nSPS) is 13.4. The summed E-state index contributed by atoms with van der Waals surface area (Å²) in [6, 6.07) is 18.9. The van der Waals surface area contributed by atoms with Crippen LogP contribution >= 0.6 is 0 Å². The lowest BCUT2D eigenvalue weighted by atomic mass is 9.95. The Morgan fingerprint density at radius 2 is 1.69 bits per heavy atom. The van der Waals surface area contributed by atoms with Crippen molar-refractivity contribution < 1.29 is 17.9 Å². The molecule has 0 aliphatic carbocycles. The lowest BCUT2D eigenvalue weighted by Gasteiger charge is -2.32. The minimum atomic E-state index is -3.74. The van der Waals surface area contributed by atoms with Crippen molar-refractivity contribution in [3.05, 3.63) is 83.4 Å². The first kappa shape index (κ1) is 21.9. The van der Waals surface area contributed by atoms with Gasteiger partial charge in [-0.15, -0.1) is 0 Å². The van der Waals surface area contributed by atoms with Gasteiger partial charge in [-0.25, -0.2) is 8.42 Å². The first-order valence-corrected chi connectivity index (χ1v) is 11.9. The summed E-state index contributed by atoms with van der Waals surface area (Å²) >= 11 is 0. The molecule has 3 aromatic rings. The van der Waals surface area contributed by atoms with Gasteiger partial charge in [0.05, 0.1) is 23.4 Å². The van der Waals surface area contributed by atoms with Crippen LogP contribution in [0.4, 0.5) is 11.4 Å². The summed E-state index contributed by atoms with van der Waals surface area (Å²) in [6.07, 6.45) is 1.76. The second-order valence-corrected chi connectivity index (χ2v) is 9.77. The predicted molar refractivity (Wildman–Crippen MR) is 126 cm³/mol. The van der Waals surface area contributed by atoms with Gasteiger partial charge in [-0.3, -0.25) is 9.10 Å². The molecule has 3 aromatic carbocycles. The Bertz CT molecular complexity index is 1240. The lowest BCUT2D eigenvalue weighted by molar-refractivity contribution is 0.0984. The number of amides is 1. The molecule has 0 atom stereocenters. The van der Waals surface area contributed by atoms with E-state index in [-0.39, 0.29) is 10.8 Å². The molecule has 0 saturated heterocycles.